The molecule has 0 bridgehead atoms. The van der Waals surface area contributed by atoms with Gasteiger partial charge in [0.25, 0.3) is 0 Å². The molecular formula is C10H18N2O3. The van der Waals surface area contributed by atoms with Crippen LogP contribution in [0.25, 0.3) is 0 Å². The zero-order valence-electron chi connectivity index (χ0n) is 9.42. The molecule has 15 heavy (non-hydrogen) atoms. The second-order valence-electron chi connectivity index (χ2n) is 3.47. The number of urea groups is 1. The number of carbonyl (C=O) groups excluding carboxylic acids is 2. The maximum absolute atomic E-state index is 11.1. The van der Waals surface area contributed by atoms with Crippen molar-refractivity contribution in [3.05, 3.63) is 12.2 Å². The van der Waals surface area contributed by atoms with E-state index in [1.807, 2.05) is 13.8 Å². The first-order valence-corrected chi connectivity index (χ1v) is 4.80. The van der Waals surface area contributed by atoms with Gasteiger partial charge in [0.15, 0.2) is 0 Å². The highest BCUT2D eigenvalue weighted by Gasteiger charge is 2.04. The third-order valence-corrected chi connectivity index (χ3v) is 1.39. The Morgan fingerprint density at radius 1 is 1.40 bits per heavy atom. The molecule has 86 valence electrons. The fourth-order valence-corrected chi connectivity index (χ4v) is 0.745. The summed E-state index contributed by atoms with van der Waals surface area (Å²) in [4.78, 5) is 22.0. The van der Waals surface area contributed by atoms with Crippen LogP contribution in [0.15, 0.2) is 12.2 Å². The van der Waals surface area contributed by atoms with Crippen LogP contribution in [0.2, 0.25) is 0 Å². The monoisotopic (exact) mass is 214 g/mol. The van der Waals surface area contributed by atoms with Crippen molar-refractivity contribution < 1.29 is 14.3 Å². The van der Waals surface area contributed by atoms with Gasteiger partial charge < -0.3 is 15.4 Å². The van der Waals surface area contributed by atoms with Crippen LogP contribution in [0, 0.1) is 0 Å². The summed E-state index contributed by atoms with van der Waals surface area (Å²) in [5, 5.41) is 5.20. The lowest BCUT2D eigenvalue weighted by Crippen LogP contribution is -2.40. The van der Waals surface area contributed by atoms with E-state index in [0.29, 0.717) is 5.57 Å². The molecule has 0 aliphatic heterocycles. The molecule has 0 aliphatic carbocycles. The standard InChI is InChI=1S/C10H18N2O3/c1-7(2)9(13)15-6-5-11-10(14)12-8(3)4/h8H,1,5-6H2,2-4H3,(H2,11,12,14). The quantitative estimate of drug-likeness (QED) is 0.404. The Kier molecular flexibility index (Phi) is 6.17. The lowest BCUT2D eigenvalue weighted by atomic mass is 10.4. The minimum atomic E-state index is -0.443. The minimum Gasteiger partial charge on any atom is -0.460 e. The van der Waals surface area contributed by atoms with E-state index in [4.69, 9.17) is 4.74 Å². The molecule has 0 aliphatic rings. The summed E-state index contributed by atoms with van der Waals surface area (Å²) in [6, 6.07) is -0.181. The Morgan fingerprint density at radius 3 is 2.47 bits per heavy atom. The van der Waals surface area contributed by atoms with E-state index in [-0.39, 0.29) is 25.2 Å². The van der Waals surface area contributed by atoms with Crippen LogP contribution in [0.4, 0.5) is 4.79 Å². The van der Waals surface area contributed by atoms with Gasteiger partial charge in [-0.2, -0.15) is 0 Å². The number of esters is 1. The van der Waals surface area contributed by atoms with E-state index in [0.717, 1.165) is 0 Å². The number of rotatable bonds is 5. The first kappa shape index (κ1) is 13.5. The van der Waals surface area contributed by atoms with Crippen molar-refractivity contribution in [1.29, 1.82) is 0 Å². The minimum absolute atomic E-state index is 0.0861. The van der Waals surface area contributed by atoms with Crippen molar-refractivity contribution in [2.75, 3.05) is 13.2 Å². The fraction of sp³-hybridized carbons (Fsp3) is 0.600. The first-order valence-electron chi connectivity index (χ1n) is 4.80. The number of carbonyl (C=O) groups is 2. The molecule has 0 aromatic carbocycles. The Morgan fingerprint density at radius 2 is 2.00 bits per heavy atom. The smallest absolute Gasteiger partial charge is 0.333 e. The normalized spacial score (nSPS) is 9.60. The summed E-state index contributed by atoms with van der Waals surface area (Å²) in [5.74, 6) is -0.443. The summed E-state index contributed by atoms with van der Waals surface area (Å²) in [5.41, 5.74) is 0.349. The van der Waals surface area contributed by atoms with Crippen molar-refractivity contribution in [3.8, 4) is 0 Å². The Bertz CT molecular complexity index is 249. The molecule has 0 aromatic heterocycles. The van der Waals surface area contributed by atoms with Crippen LogP contribution in [0.3, 0.4) is 0 Å². The molecule has 0 rings (SSSR count). The SMILES string of the molecule is C=C(C)C(=O)OCCNC(=O)NC(C)C. The first-order chi connectivity index (χ1) is 6.93. The fourth-order valence-electron chi connectivity index (χ4n) is 0.745. The predicted molar refractivity (Wildman–Crippen MR) is 57.4 cm³/mol. The van der Waals surface area contributed by atoms with Gasteiger partial charge in [-0.15, -0.1) is 0 Å². The van der Waals surface area contributed by atoms with Gasteiger partial charge in [-0.25, -0.2) is 9.59 Å². The van der Waals surface area contributed by atoms with Crippen LogP contribution in [-0.4, -0.2) is 31.2 Å². The highest BCUT2D eigenvalue weighted by Crippen LogP contribution is 1.90. The Labute approximate surface area is 89.9 Å². The average molecular weight is 214 g/mol. The molecule has 5 heteroatoms. The van der Waals surface area contributed by atoms with Crippen molar-refractivity contribution in [3.63, 3.8) is 0 Å². The molecule has 2 amide bonds. The molecule has 0 heterocycles. The topological polar surface area (TPSA) is 67.4 Å². The molecule has 2 N–H and O–H groups in total. The van der Waals surface area contributed by atoms with Crippen LogP contribution < -0.4 is 10.6 Å². The number of ether oxygens (including phenoxy) is 1. The summed E-state index contributed by atoms with van der Waals surface area (Å²) in [7, 11) is 0. The Hall–Kier alpha value is -1.52. The highest BCUT2D eigenvalue weighted by molar-refractivity contribution is 5.86. The van der Waals surface area contributed by atoms with Gasteiger partial charge in [0.1, 0.15) is 6.61 Å². The zero-order chi connectivity index (χ0) is 11.8. The number of amides is 2. The largest absolute Gasteiger partial charge is 0.460 e. The average Bonchev–Trinajstić information content (AvgIpc) is 2.10. The third kappa shape index (κ3) is 7.54. The molecule has 5 nitrogen and oxygen atoms in total. The third-order valence-electron chi connectivity index (χ3n) is 1.39. The molecule has 0 unspecified atom stereocenters. The van der Waals surface area contributed by atoms with Gasteiger partial charge in [-0.3, -0.25) is 0 Å². The molecule has 0 saturated heterocycles. The Balaban J connectivity index is 3.50. The van der Waals surface area contributed by atoms with Crippen molar-refractivity contribution in [2.24, 2.45) is 0 Å². The van der Waals surface area contributed by atoms with Gasteiger partial charge in [-0.1, -0.05) is 6.58 Å². The van der Waals surface area contributed by atoms with Crippen molar-refractivity contribution in [2.45, 2.75) is 26.8 Å². The van der Waals surface area contributed by atoms with Gasteiger partial charge >= 0.3 is 12.0 Å². The lowest BCUT2D eigenvalue weighted by molar-refractivity contribution is -0.138. The van der Waals surface area contributed by atoms with E-state index < -0.39 is 5.97 Å². The molecule has 0 saturated carbocycles. The van der Waals surface area contributed by atoms with Crippen LogP contribution >= 0.6 is 0 Å². The van der Waals surface area contributed by atoms with Gasteiger partial charge in [0, 0.05) is 11.6 Å². The molecule has 0 fully saturated rings. The highest BCUT2D eigenvalue weighted by atomic mass is 16.5. The number of nitrogens with one attached hydrogen (secondary N) is 2. The summed E-state index contributed by atoms with van der Waals surface area (Å²) < 4.78 is 4.78. The van der Waals surface area contributed by atoms with E-state index >= 15 is 0 Å². The molecule has 0 radical (unpaired) electrons. The van der Waals surface area contributed by atoms with Gasteiger partial charge in [0.2, 0.25) is 0 Å². The molecule has 0 aromatic rings. The molecule has 0 spiro atoms. The van der Waals surface area contributed by atoms with E-state index in [1.165, 1.54) is 0 Å². The van der Waals surface area contributed by atoms with Crippen molar-refractivity contribution >= 4 is 12.0 Å². The van der Waals surface area contributed by atoms with Crippen molar-refractivity contribution in [1.82, 2.24) is 10.6 Å². The summed E-state index contributed by atoms with van der Waals surface area (Å²) >= 11 is 0. The van der Waals surface area contributed by atoms with E-state index in [2.05, 4.69) is 17.2 Å². The van der Waals surface area contributed by atoms with Crippen LogP contribution in [0.1, 0.15) is 20.8 Å². The van der Waals surface area contributed by atoms with Crippen LogP contribution in [0.5, 0.6) is 0 Å². The van der Waals surface area contributed by atoms with E-state index in [1.54, 1.807) is 6.92 Å². The second-order valence-corrected chi connectivity index (χ2v) is 3.47. The van der Waals surface area contributed by atoms with Crippen LogP contribution in [-0.2, 0) is 9.53 Å². The lowest BCUT2D eigenvalue weighted by Gasteiger charge is -2.10. The maximum Gasteiger partial charge on any atom is 0.333 e. The number of hydrogen-bond acceptors (Lipinski definition) is 3. The van der Waals surface area contributed by atoms with Gasteiger partial charge in [-0.05, 0) is 20.8 Å². The summed E-state index contributed by atoms with van der Waals surface area (Å²) in [6.07, 6.45) is 0. The maximum atomic E-state index is 11.1. The zero-order valence-corrected chi connectivity index (χ0v) is 9.42. The second kappa shape index (κ2) is 6.86. The molecule has 0 atom stereocenters. The predicted octanol–water partition coefficient (Wildman–Crippen LogP) is 0.813. The summed E-state index contributed by atoms with van der Waals surface area (Å²) in [6.45, 7) is 9.17. The van der Waals surface area contributed by atoms with Gasteiger partial charge in [0.05, 0.1) is 6.54 Å². The number of hydrogen-bond donors (Lipinski definition) is 2. The molecular weight excluding hydrogens is 196 g/mol. The van der Waals surface area contributed by atoms with E-state index in [9.17, 15) is 9.59 Å².